The van der Waals surface area contributed by atoms with E-state index in [-0.39, 0.29) is 0 Å². The van der Waals surface area contributed by atoms with Crippen molar-refractivity contribution in [1.82, 2.24) is 0 Å². The lowest BCUT2D eigenvalue weighted by atomic mass is 9.98. The van der Waals surface area contributed by atoms with Gasteiger partial charge in [-0.3, -0.25) is 0 Å². The Balaban J connectivity index is 2.97. The van der Waals surface area contributed by atoms with Gasteiger partial charge < -0.3 is 25.2 Å². The molecule has 142 valence electrons. The second-order valence-electron chi connectivity index (χ2n) is 4.90. The maximum Gasteiger partial charge on any atom is 0.573 e. The number of alkyl halides is 3. The monoisotopic (exact) mass is 388 g/mol. The van der Waals surface area contributed by atoms with Gasteiger partial charge in [0.25, 0.3) is 0 Å². The van der Waals surface area contributed by atoms with E-state index in [2.05, 4.69) is 4.74 Å². The second kappa shape index (κ2) is 6.04. The minimum absolute atomic E-state index is 0.646. The summed E-state index contributed by atoms with van der Waals surface area (Å²) in [4.78, 5) is 0. The van der Waals surface area contributed by atoms with Gasteiger partial charge >= 0.3 is 6.36 Å². The molecule has 0 unspecified atom stereocenters. The molecule has 0 bridgehead atoms. The Morgan fingerprint density at radius 2 is 1.12 bits per heavy atom. The summed E-state index contributed by atoms with van der Waals surface area (Å²) >= 11 is 0. The van der Waals surface area contributed by atoms with Crippen molar-refractivity contribution in [3.63, 3.8) is 0 Å². The molecule has 0 saturated carbocycles. The first-order valence-corrected chi connectivity index (χ1v) is 6.38. The molecule has 0 amide bonds. The van der Waals surface area contributed by atoms with E-state index < -0.39 is 75.1 Å². The van der Waals surface area contributed by atoms with Gasteiger partial charge in [0.2, 0.25) is 17.2 Å². The van der Waals surface area contributed by atoms with Crippen molar-refractivity contribution in [2.75, 3.05) is 0 Å². The summed E-state index contributed by atoms with van der Waals surface area (Å²) in [6.07, 6.45) is -5.56. The summed E-state index contributed by atoms with van der Waals surface area (Å²) in [6, 6.07) is 0. The smallest absolute Gasteiger partial charge is 0.504 e. The van der Waals surface area contributed by atoms with Gasteiger partial charge in [-0.1, -0.05) is 0 Å². The van der Waals surface area contributed by atoms with E-state index in [9.17, 15) is 51.2 Å². The molecule has 0 spiro atoms. The Morgan fingerprint density at radius 1 is 0.654 bits per heavy atom. The van der Waals surface area contributed by atoms with Crippen LogP contribution >= 0.6 is 0 Å². The molecule has 0 radical (unpaired) electrons. The second-order valence-corrected chi connectivity index (χ2v) is 4.90. The topological polar surface area (TPSA) is 90.2 Å². The van der Waals surface area contributed by atoms with Crippen LogP contribution in [0.1, 0.15) is 5.56 Å². The fourth-order valence-electron chi connectivity index (χ4n) is 2.09. The Morgan fingerprint density at radius 3 is 1.54 bits per heavy atom. The molecule has 0 fully saturated rings. The van der Waals surface area contributed by atoms with E-state index in [1.807, 2.05) is 0 Å². The predicted molar refractivity (Wildman–Crippen MR) is 69.8 cm³/mol. The summed E-state index contributed by atoms with van der Waals surface area (Å²) in [7, 11) is 0. The van der Waals surface area contributed by atoms with Crippen LogP contribution < -0.4 is 4.74 Å². The van der Waals surface area contributed by atoms with Crippen molar-refractivity contribution in [2.45, 2.75) is 13.3 Å². The van der Waals surface area contributed by atoms with Gasteiger partial charge in [0.15, 0.2) is 34.8 Å². The van der Waals surface area contributed by atoms with Crippen molar-refractivity contribution >= 4 is 0 Å². The number of rotatable bonds is 2. The number of halogens is 7. The molecule has 2 rings (SSSR count). The predicted octanol–water partition coefficient (Wildman–Crippen LogP) is 3.94. The van der Waals surface area contributed by atoms with Crippen molar-refractivity contribution < 1.29 is 55.9 Å². The molecule has 12 heteroatoms. The van der Waals surface area contributed by atoms with Crippen LogP contribution in [0.5, 0.6) is 28.7 Å². The number of phenols is 4. The average molecular weight is 388 g/mol. The molecule has 0 aliphatic carbocycles. The Kier molecular flexibility index (Phi) is 4.48. The highest BCUT2D eigenvalue weighted by Crippen LogP contribution is 2.57. The maximum atomic E-state index is 14.0. The summed E-state index contributed by atoms with van der Waals surface area (Å²) in [5.74, 6) is -17.6. The zero-order chi connectivity index (χ0) is 20.1. The van der Waals surface area contributed by atoms with Gasteiger partial charge in [0, 0.05) is 5.56 Å². The fraction of sp³-hybridized carbons (Fsp3) is 0.143. The van der Waals surface area contributed by atoms with Gasteiger partial charge in [-0.2, -0.15) is 0 Å². The highest BCUT2D eigenvalue weighted by Gasteiger charge is 2.38. The van der Waals surface area contributed by atoms with E-state index in [0.717, 1.165) is 0 Å². The van der Waals surface area contributed by atoms with Gasteiger partial charge in [0.05, 0.1) is 11.1 Å². The largest absolute Gasteiger partial charge is 0.573 e. The maximum absolute atomic E-state index is 14.0. The van der Waals surface area contributed by atoms with Crippen LogP contribution in [0.3, 0.4) is 0 Å². The Hall–Kier alpha value is -3.05. The van der Waals surface area contributed by atoms with E-state index in [0.29, 0.717) is 6.92 Å². The zero-order valence-corrected chi connectivity index (χ0v) is 12.3. The lowest BCUT2D eigenvalue weighted by Gasteiger charge is -2.18. The van der Waals surface area contributed by atoms with Crippen molar-refractivity contribution in [3.8, 4) is 39.9 Å². The normalized spacial score (nSPS) is 11.7. The molecule has 0 saturated heterocycles. The third kappa shape index (κ3) is 2.86. The standard InChI is InChI=1S/C14H7F7O5/c1-2-5(15)7(17)3(8(18)6(2)16)4-9(22)11(24)12(25)13(10(4)23)26-14(19,20)21/h22-25H,1H3. The first kappa shape index (κ1) is 19.3. The van der Waals surface area contributed by atoms with Gasteiger partial charge in [-0.25, -0.2) is 17.6 Å². The molecule has 0 atom stereocenters. The van der Waals surface area contributed by atoms with Crippen molar-refractivity contribution in [3.05, 3.63) is 28.8 Å². The van der Waals surface area contributed by atoms with Crippen molar-refractivity contribution in [2.24, 2.45) is 0 Å². The average Bonchev–Trinajstić information content (AvgIpc) is 2.55. The molecule has 0 aliphatic rings. The Bertz CT molecular complexity index is 879. The lowest BCUT2D eigenvalue weighted by Crippen LogP contribution is -2.17. The number of phenolic OH excluding ortho intramolecular Hbond substituents is 4. The quantitative estimate of drug-likeness (QED) is 0.271. The molecular weight excluding hydrogens is 381 g/mol. The van der Waals surface area contributed by atoms with Crippen LogP contribution in [0.15, 0.2) is 0 Å². The highest BCUT2D eigenvalue weighted by atomic mass is 19.4. The van der Waals surface area contributed by atoms with Crippen LogP contribution in [-0.2, 0) is 0 Å². The van der Waals surface area contributed by atoms with Crippen molar-refractivity contribution in [1.29, 1.82) is 0 Å². The van der Waals surface area contributed by atoms with Gasteiger partial charge in [-0.15, -0.1) is 13.2 Å². The van der Waals surface area contributed by atoms with Crippen LogP contribution in [0.4, 0.5) is 30.7 Å². The molecule has 2 aromatic carbocycles. The minimum Gasteiger partial charge on any atom is -0.504 e. The Labute approximate surface area is 139 Å². The first-order chi connectivity index (χ1) is 11.8. The summed E-state index contributed by atoms with van der Waals surface area (Å²) in [5.41, 5.74) is -4.63. The molecular formula is C14H7F7O5. The third-order valence-electron chi connectivity index (χ3n) is 3.30. The number of hydrogen-bond acceptors (Lipinski definition) is 5. The van der Waals surface area contributed by atoms with E-state index in [4.69, 9.17) is 0 Å². The van der Waals surface area contributed by atoms with E-state index in [1.165, 1.54) is 0 Å². The molecule has 0 aromatic heterocycles. The lowest BCUT2D eigenvalue weighted by molar-refractivity contribution is -0.275. The van der Waals surface area contributed by atoms with E-state index >= 15 is 0 Å². The number of hydrogen-bond donors (Lipinski definition) is 4. The first-order valence-electron chi connectivity index (χ1n) is 6.38. The third-order valence-corrected chi connectivity index (χ3v) is 3.30. The number of ether oxygens (including phenoxy) is 1. The SMILES string of the molecule is Cc1c(F)c(F)c(-c2c(O)c(O)c(O)c(OC(F)(F)F)c2O)c(F)c1F. The summed E-state index contributed by atoms with van der Waals surface area (Å²) < 4.78 is 95.7. The number of aromatic hydroxyl groups is 4. The zero-order valence-electron chi connectivity index (χ0n) is 12.3. The van der Waals surface area contributed by atoms with Gasteiger partial charge in [-0.05, 0) is 6.92 Å². The molecule has 4 N–H and O–H groups in total. The summed E-state index contributed by atoms with van der Waals surface area (Å²) in [6.45, 7) is 0.646. The minimum atomic E-state index is -5.56. The van der Waals surface area contributed by atoms with Gasteiger partial charge in [0.1, 0.15) is 0 Å². The molecule has 5 nitrogen and oxygen atoms in total. The van der Waals surface area contributed by atoms with E-state index in [1.54, 1.807) is 0 Å². The molecule has 2 aromatic rings. The molecule has 0 heterocycles. The van der Waals surface area contributed by atoms with Crippen LogP contribution in [-0.4, -0.2) is 26.8 Å². The van der Waals surface area contributed by atoms with Crippen LogP contribution in [0.2, 0.25) is 0 Å². The molecule has 26 heavy (non-hydrogen) atoms. The fourth-order valence-corrected chi connectivity index (χ4v) is 2.09. The number of benzene rings is 2. The molecule has 0 aliphatic heterocycles. The van der Waals surface area contributed by atoms with Crippen LogP contribution in [0, 0.1) is 30.2 Å². The summed E-state index contributed by atoms with van der Waals surface area (Å²) in [5, 5.41) is 38.2. The highest BCUT2D eigenvalue weighted by molar-refractivity contribution is 5.86. The van der Waals surface area contributed by atoms with Crippen LogP contribution in [0.25, 0.3) is 11.1 Å².